The van der Waals surface area contributed by atoms with E-state index in [-0.39, 0.29) is 11.3 Å². The van der Waals surface area contributed by atoms with Gasteiger partial charge in [-0.2, -0.15) is 5.10 Å². The normalized spacial score (nSPS) is 10.8. The number of aromatic nitrogens is 3. The third-order valence-corrected chi connectivity index (χ3v) is 4.94. The van der Waals surface area contributed by atoms with Gasteiger partial charge in [-0.3, -0.25) is 9.59 Å². The summed E-state index contributed by atoms with van der Waals surface area (Å²) in [6, 6.07) is 12.0. The van der Waals surface area contributed by atoms with Crippen molar-refractivity contribution in [2.45, 2.75) is 11.3 Å². The smallest absolute Gasteiger partial charge is 0.264 e. The van der Waals surface area contributed by atoms with Gasteiger partial charge in [0.05, 0.1) is 5.69 Å². The van der Waals surface area contributed by atoms with Gasteiger partial charge in [-0.15, -0.1) is 11.8 Å². The Kier molecular flexibility index (Phi) is 5.11. The standard InChI is InChI=1S/C18H16ClN3O2S/c1-22-14(9-13-7-8-16(23)21-20-13)10-15(25-2)17(22)18(24)11-3-5-12(19)6-4-11/h3-8,10H,9H2,1-2H3,(H,21,23). The predicted octanol–water partition coefficient (Wildman–Crippen LogP) is 3.31. The molecule has 2 aromatic heterocycles. The molecule has 1 aromatic carbocycles. The van der Waals surface area contributed by atoms with Gasteiger partial charge in [-0.05, 0) is 42.7 Å². The highest BCUT2D eigenvalue weighted by atomic mass is 35.5. The zero-order chi connectivity index (χ0) is 18.0. The fraction of sp³-hybridized carbons (Fsp3) is 0.167. The number of carbonyl (C=O) groups excluding carboxylic acids is 1. The van der Waals surface area contributed by atoms with Crippen molar-refractivity contribution in [2.24, 2.45) is 7.05 Å². The second-order valence-electron chi connectivity index (χ2n) is 5.54. The molecule has 7 heteroatoms. The number of ketones is 1. The van der Waals surface area contributed by atoms with E-state index in [1.165, 1.54) is 17.8 Å². The number of nitrogens with one attached hydrogen (secondary N) is 1. The zero-order valence-electron chi connectivity index (χ0n) is 13.7. The van der Waals surface area contributed by atoms with E-state index in [4.69, 9.17) is 11.6 Å². The minimum absolute atomic E-state index is 0.0517. The predicted molar refractivity (Wildman–Crippen MR) is 99.7 cm³/mol. The van der Waals surface area contributed by atoms with Gasteiger partial charge < -0.3 is 4.57 Å². The Morgan fingerprint density at radius 3 is 2.56 bits per heavy atom. The summed E-state index contributed by atoms with van der Waals surface area (Å²) in [5.74, 6) is -0.0517. The molecule has 0 spiro atoms. The lowest BCUT2D eigenvalue weighted by Crippen LogP contribution is -2.12. The number of rotatable bonds is 5. The van der Waals surface area contributed by atoms with E-state index >= 15 is 0 Å². The number of H-pyrrole nitrogens is 1. The number of halogens is 1. The molecule has 3 aromatic rings. The maximum absolute atomic E-state index is 12.9. The lowest BCUT2D eigenvalue weighted by atomic mass is 10.1. The largest absolute Gasteiger partial charge is 0.344 e. The summed E-state index contributed by atoms with van der Waals surface area (Å²) in [7, 11) is 1.86. The Morgan fingerprint density at radius 1 is 1.24 bits per heavy atom. The highest BCUT2D eigenvalue weighted by Gasteiger charge is 2.20. The maximum atomic E-state index is 12.9. The van der Waals surface area contributed by atoms with Crippen molar-refractivity contribution in [2.75, 3.05) is 6.26 Å². The molecular weight excluding hydrogens is 358 g/mol. The second kappa shape index (κ2) is 7.29. The van der Waals surface area contributed by atoms with Crippen molar-refractivity contribution in [1.82, 2.24) is 14.8 Å². The number of carbonyl (C=O) groups is 1. The van der Waals surface area contributed by atoms with Gasteiger partial charge in [-0.1, -0.05) is 11.6 Å². The van der Waals surface area contributed by atoms with Crippen LogP contribution in [0.2, 0.25) is 5.02 Å². The molecule has 25 heavy (non-hydrogen) atoms. The van der Waals surface area contributed by atoms with Gasteiger partial charge in [0.1, 0.15) is 5.69 Å². The van der Waals surface area contributed by atoms with Crippen molar-refractivity contribution in [3.63, 3.8) is 0 Å². The number of hydrogen-bond acceptors (Lipinski definition) is 4. The first-order valence-electron chi connectivity index (χ1n) is 7.57. The monoisotopic (exact) mass is 373 g/mol. The minimum Gasteiger partial charge on any atom is -0.344 e. The van der Waals surface area contributed by atoms with E-state index in [0.717, 1.165) is 16.3 Å². The van der Waals surface area contributed by atoms with Crippen LogP contribution in [0.4, 0.5) is 0 Å². The molecule has 0 aliphatic rings. The lowest BCUT2D eigenvalue weighted by Gasteiger charge is -2.08. The molecule has 0 unspecified atom stereocenters. The molecule has 0 aliphatic carbocycles. The van der Waals surface area contributed by atoms with E-state index in [1.54, 1.807) is 30.3 Å². The minimum atomic E-state index is -0.237. The van der Waals surface area contributed by atoms with Gasteiger partial charge >= 0.3 is 0 Å². The fourth-order valence-electron chi connectivity index (χ4n) is 2.61. The zero-order valence-corrected chi connectivity index (χ0v) is 15.3. The first-order chi connectivity index (χ1) is 12.0. The van der Waals surface area contributed by atoms with Crippen molar-refractivity contribution in [1.29, 1.82) is 0 Å². The molecule has 0 atom stereocenters. The number of nitrogens with zero attached hydrogens (tertiary/aromatic N) is 2. The molecule has 0 saturated carbocycles. The summed E-state index contributed by atoms with van der Waals surface area (Å²) in [4.78, 5) is 25.0. The van der Waals surface area contributed by atoms with Crippen LogP contribution in [-0.2, 0) is 13.5 Å². The molecule has 0 aliphatic heterocycles. The summed E-state index contributed by atoms with van der Waals surface area (Å²) in [6.07, 6.45) is 2.46. The molecule has 1 N–H and O–H groups in total. The van der Waals surface area contributed by atoms with Crippen molar-refractivity contribution >= 4 is 29.1 Å². The van der Waals surface area contributed by atoms with E-state index in [1.807, 2.05) is 23.9 Å². The van der Waals surface area contributed by atoms with Gasteiger partial charge in [0, 0.05) is 40.7 Å². The van der Waals surface area contributed by atoms with Crippen LogP contribution >= 0.6 is 23.4 Å². The van der Waals surface area contributed by atoms with Crippen LogP contribution in [0.5, 0.6) is 0 Å². The number of benzene rings is 1. The summed E-state index contributed by atoms with van der Waals surface area (Å²) in [5, 5.41) is 7.06. The quantitative estimate of drug-likeness (QED) is 0.550. The molecule has 3 rings (SSSR count). The Morgan fingerprint density at radius 2 is 1.96 bits per heavy atom. The van der Waals surface area contributed by atoms with Crippen LogP contribution < -0.4 is 5.56 Å². The van der Waals surface area contributed by atoms with Crippen molar-refractivity contribution < 1.29 is 4.79 Å². The molecule has 5 nitrogen and oxygen atoms in total. The summed E-state index contributed by atoms with van der Waals surface area (Å²) in [5.41, 5.74) is 2.67. The third-order valence-electron chi connectivity index (χ3n) is 3.94. The maximum Gasteiger partial charge on any atom is 0.264 e. The van der Waals surface area contributed by atoms with Crippen molar-refractivity contribution in [3.05, 3.63) is 80.5 Å². The molecule has 0 radical (unpaired) electrons. The van der Waals surface area contributed by atoms with Crippen LogP contribution in [0.25, 0.3) is 0 Å². The third kappa shape index (κ3) is 3.70. The molecule has 0 amide bonds. The SMILES string of the molecule is CSc1cc(Cc2ccc(=O)[nH]n2)n(C)c1C(=O)c1ccc(Cl)cc1. The van der Waals surface area contributed by atoms with E-state index in [2.05, 4.69) is 10.2 Å². The van der Waals surface area contributed by atoms with Crippen LogP contribution in [0, 0.1) is 0 Å². The molecule has 0 saturated heterocycles. The molecule has 0 bridgehead atoms. The second-order valence-corrected chi connectivity index (χ2v) is 6.82. The molecular formula is C18H16ClN3O2S. The average Bonchev–Trinajstić information content (AvgIpc) is 2.93. The van der Waals surface area contributed by atoms with Crippen molar-refractivity contribution in [3.8, 4) is 0 Å². The Bertz CT molecular complexity index is 956. The van der Waals surface area contributed by atoms with Crippen LogP contribution in [0.1, 0.15) is 27.4 Å². The number of hydrogen-bond donors (Lipinski definition) is 1. The van der Waals surface area contributed by atoms with Crippen LogP contribution in [0.15, 0.2) is 52.2 Å². The van der Waals surface area contributed by atoms with E-state index in [9.17, 15) is 9.59 Å². The number of aromatic amines is 1. The molecule has 2 heterocycles. The van der Waals surface area contributed by atoms with Crippen LogP contribution in [-0.4, -0.2) is 26.8 Å². The summed E-state index contributed by atoms with van der Waals surface area (Å²) in [6.45, 7) is 0. The topological polar surface area (TPSA) is 67.8 Å². The molecule has 128 valence electrons. The van der Waals surface area contributed by atoms with Gasteiger partial charge in [-0.25, -0.2) is 5.10 Å². The Balaban J connectivity index is 1.98. The highest BCUT2D eigenvalue weighted by Crippen LogP contribution is 2.28. The van der Waals surface area contributed by atoms with Crippen LogP contribution in [0.3, 0.4) is 0 Å². The molecule has 0 fully saturated rings. The summed E-state index contributed by atoms with van der Waals surface area (Å²) >= 11 is 7.43. The van der Waals surface area contributed by atoms with Gasteiger partial charge in [0.2, 0.25) is 5.78 Å². The first kappa shape index (κ1) is 17.5. The average molecular weight is 374 g/mol. The van der Waals surface area contributed by atoms with E-state index in [0.29, 0.717) is 22.7 Å². The number of thioether (sulfide) groups is 1. The first-order valence-corrected chi connectivity index (χ1v) is 9.17. The Hall–Kier alpha value is -2.31. The Labute approximate surface area is 154 Å². The summed E-state index contributed by atoms with van der Waals surface area (Å²) < 4.78 is 1.88. The van der Waals surface area contributed by atoms with Gasteiger partial charge in [0.15, 0.2) is 0 Å². The lowest BCUT2D eigenvalue weighted by molar-refractivity contribution is 0.102. The fourth-order valence-corrected chi connectivity index (χ4v) is 3.41. The van der Waals surface area contributed by atoms with Gasteiger partial charge in [0.25, 0.3) is 5.56 Å². The highest BCUT2D eigenvalue weighted by molar-refractivity contribution is 7.98. The van der Waals surface area contributed by atoms with E-state index < -0.39 is 0 Å².